The minimum atomic E-state index is -0.138. The van der Waals surface area contributed by atoms with Crippen LogP contribution in [0, 0.1) is 0 Å². The van der Waals surface area contributed by atoms with Crippen molar-refractivity contribution < 1.29 is 0 Å². The van der Waals surface area contributed by atoms with Gasteiger partial charge in [-0.15, -0.1) is 0 Å². The fourth-order valence-corrected chi connectivity index (χ4v) is 1.57. The van der Waals surface area contributed by atoms with Gasteiger partial charge in [-0.05, 0) is 19.1 Å². The average Bonchev–Trinajstić information content (AvgIpc) is 2.47. The maximum atomic E-state index is 5.85. The minimum Gasteiger partial charge on any atom is -0.397 e. The fraction of sp³-hybridized carbons (Fsp3) is 0.222. The summed E-state index contributed by atoms with van der Waals surface area (Å²) in [5.74, 6) is 0.717. The first kappa shape index (κ1) is 9.30. The molecule has 74 valence electrons. The standard InChI is InChI=1S/C9H11ClN4/c1-4(11)9-13-7-3-5(10)2-6(12)8(7)14-9/h2-4H,11-12H2,1H3,(H,13,14)/t4-/m0/s1. The monoisotopic (exact) mass is 210 g/mol. The summed E-state index contributed by atoms with van der Waals surface area (Å²) >= 11 is 5.85. The van der Waals surface area contributed by atoms with Crippen molar-refractivity contribution in [2.75, 3.05) is 5.73 Å². The van der Waals surface area contributed by atoms with Crippen LogP contribution in [0.2, 0.25) is 5.02 Å². The molecule has 1 heterocycles. The van der Waals surface area contributed by atoms with Gasteiger partial charge in [0.1, 0.15) is 11.3 Å². The van der Waals surface area contributed by atoms with Crippen LogP contribution < -0.4 is 11.5 Å². The molecule has 1 aromatic heterocycles. The van der Waals surface area contributed by atoms with Crippen molar-refractivity contribution in [1.82, 2.24) is 9.97 Å². The second-order valence-corrected chi connectivity index (χ2v) is 3.74. The second-order valence-electron chi connectivity index (χ2n) is 3.30. The summed E-state index contributed by atoms with van der Waals surface area (Å²) in [6.07, 6.45) is 0. The molecule has 4 nitrogen and oxygen atoms in total. The Balaban J connectivity index is 2.70. The molecule has 0 radical (unpaired) electrons. The Labute approximate surface area is 86.3 Å². The van der Waals surface area contributed by atoms with Gasteiger partial charge in [0.05, 0.1) is 17.2 Å². The van der Waals surface area contributed by atoms with E-state index in [0.29, 0.717) is 16.5 Å². The topological polar surface area (TPSA) is 80.7 Å². The van der Waals surface area contributed by atoms with Crippen LogP contribution in [-0.4, -0.2) is 9.97 Å². The van der Waals surface area contributed by atoms with Crippen LogP contribution in [-0.2, 0) is 0 Å². The summed E-state index contributed by atoms with van der Waals surface area (Å²) in [5, 5.41) is 0.592. The van der Waals surface area contributed by atoms with E-state index in [1.165, 1.54) is 0 Å². The number of rotatable bonds is 1. The van der Waals surface area contributed by atoms with Crippen molar-refractivity contribution in [1.29, 1.82) is 0 Å². The molecular formula is C9H11ClN4. The van der Waals surface area contributed by atoms with E-state index in [0.717, 1.165) is 11.0 Å². The third kappa shape index (κ3) is 1.42. The molecule has 1 atom stereocenters. The molecule has 0 aliphatic heterocycles. The number of imidazole rings is 1. The Hall–Kier alpha value is -1.26. The Bertz CT molecular complexity index is 475. The van der Waals surface area contributed by atoms with Crippen LogP contribution in [0.25, 0.3) is 11.0 Å². The van der Waals surface area contributed by atoms with E-state index in [-0.39, 0.29) is 6.04 Å². The van der Waals surface area contributed by atoms with Gasteiger partial charge < -0.3 is 16.5 Å². The first-order valence-electron chi connectivity index (χ1n) is 4.28. The number of nitrogens with two attached hydrogens (primary N) is 2. The Kier molecular flexibility index (Phi) is 2.09. The number of H-pyrrole nitrogens is 1. The summed E-state index contributed by atoms with van der Waals surface area (Å²) in [6, 6.07) is 3.32. The number of anilines is 1. The molecule has 0 amide bonds. The molecule has 2 aromatic rings. The quantitative estimate of drug-likeness (QED) is 0.628. The highest BCUT2D eigenvalue weighted by molar-refractivity contribution is 6.31. The third-order valence-electron chi connectivity index (χ3n) is 2.03. The van der Waals surface area contributed by atoms with Gasteiger partial charge in [0, 0.05) is 5.02 Å². The molecule has 2 rings (SSSR count). The lowest BCUT2D eigenvalue weighted by atomic mass is 10.3. The van der Waals surface area contributed by atoms with Crippen LogP contribution >= 0.6 is 11.6 Å². The van der Waals surface area contributed by atoms with Gasteiger partial charge in [-0.25, -0.2) is 4.98 Å². The highest BCUT2D eigenvalue weighted by Crippen LogP contribution is 2.24. The van der Waals surface area contributed by atoms with Crippen molar-refractivity contribution >= 4 is 28.3 Å². The van der Waals surface area contributed by atoms with Crippen molar-refractivity contribution in [3.8, 4) is 0 Å². The molecule has 0 aliphatic carbocycles. The largest absolute Gasteiger partial charge is 0.397 e. The zero-order valence-corrected chi connectivity index (χ0v) is 8.47. The summed E-state index contributed by atoms with van der Waals surface area (Å²) in [5.41, 5.74) is 13.6. The molecule has 0 aliphatic rings. The average molecular weight is 211 g/mol. The van der Waals surface area contributed by atoms with Crippen molar-refractivity contribution in [2.45, 2.75) is 13.0 Å². The van der Waals surface area contributed by atoms with Crippen LogP contribution in [0.3, 0.4) is 0 Å². The van der Waals surface area contributed by atoms with Gasteiger partial charge >= 0.3 is 0 Å². The number of hydrogen-bond acceptors (Lipinski definition) is 3. The molecule has 0 spiro atoms. The molecule has 0 bridgehead atoms. The van der Waals surface area contributed by atoms with E-state index < -0.39 is 0 Å². The lowest BCUT2D eigenvalue weighted by Crippen LogP contribution is -2.06. The van der Waals surface area contributed by atoms with Crippen molar-refractivity contribution in [2.24, 2.45) is 5.73 Å². The number of nitrogens with one attached hydrogen (secondary N) is 1. The maximum Gasteiger partial charge on any atom is 0.124 e. The van der Waals surface area contributed by atoms with E-state index in [1.807, 2.05) is 6.92 Å². The minimum absolute atomic E-state index is 0.138. The summed E-state index contributed by atoms with van der Waals surface area (Å²) < 4.78 is 0. The van der Waals surface area contributed by atoms with Gasteiger partial charge in [0.25, 0.3) is 0 Å². The fourth-order valence-electron chi connectivity index (χ4n) is 1.34. The number of benzene rings is 1. The lowest BCUT2D eigenvalue weighted by molar-refractivity contribution is 0.760. The van der Waals surface area contributed by atoms with Gasteiger partial charge in [-0.1, -0.05) is 11.6 Å². The molecule has 14 heavy (non-hydrogen) atoms. The number of nitrogen functional groups attached to an aromatic ring is 1. The van der Waals surface area contributed by atoms with Gasteiger partial charge in [0.2, 0.25) is 0 Å². The van der Waals surface area contributed by atoms with Crippen LogP contribution in [0.4, 0.5) is 5.69 Å². The smallest absolute Gasteiger partial charge is 0.124 e. The van der Waals surface area contributed by atoms with E-state index in [2.05, 4.69) is 9.97 Å². The number of hydrogen-bond donors (Lipinski definition) is 3. The summed E-state index contributed by atoms with van der Waals surface area (Å²) in [6.45, 7) is 1.86. The molecule has 0 saturated carbocycles. The van der Waals surface area contributed by atoms with Crippen LogP contribution in [0.5, 0.6) is 0 Å². The third-order valence-corrected chi connectivity index (χ3v) is 2.25. The number of halogens is 1. The zero-order valence-electron chi connectivity index (χ0n) is 7.71. The number of aromatic nitrogens is 2. The summed E-state index contributed by atoms with van der Waals surface area (Å²) in [4.78, 5) is 7.36. The molecule has 0 saturated heterocycles. The Morgan fingerprint density at radius 3 is 2.86 bits per heavy atom. The molecule has 1 aromatic carbocycles. The van der Waals surface area contributed by atoms with Gasteiger partial charge in [-0.2, -0.15) is 0 Å². The Morgan fingerprint density at radius 1 is 1.50 bits per heavy atom. The van der Waals surface area contributed by atoms with Gasteiger partial charge in [-0.3, -0.25) is 0 Å². The molecular weight excluding hydrogens is 200 g/mol. The number of fused-ring (bicyclic) bond motifs is 1. The van der Waals surface area contributed by atoms with Gasteiger partial charge in [0.15, 0.2) is 0 Å². The predicted molar refractivity (Wildman–Crippen MR) is 58.1 cm³/mol. The number of aromatic amines is 1. The van der Waals surface area contributed by atoms with E-state index >= 15 is 0 Å². The molecule has 0 unspecified atom stereocenters. The highest BCUT2D eigenvalue weighted by Gasteiger charge is 2.09. The van der Waals surface area contributed by atoms with E-state index in [9.17, 15) is 0 Å². The zero-order chi connectivity index (χ0) is 10.3. The SMILES string of the molecule is C[C@H](N)c1nc2c(N)cc(Cl)cc2[nH]1. The Morgan fingerprint density at radius 2 is 2.21 bits per heavy atom. The van der Waals surface area contributed by atoms with Crippen LogP contribution in [0.1, 0.15) is 18.8 Å². The first-order chi connectivity index (χ1) is 6.58. The van der Waals surface area contributed by atoms with E-state index in [1.54, 1.807) is 12.1 Å². The first-order valence-corrected chi connectivity index (χ1v) is 4.66. The molecule has 0 fully saturated rings. The summed E-state index contributed by atoms with van der Waals surface area (Å²) in [7, 11) is 0. The lowest BCUT2D eigenvalue weighted by Gasteiger charge is -1.96. The normalized spacial score (nSPS) is 13.4. The van der Waals surface area contributed by atoms with E-state index in [4.69, 9.17) is 23.1 Å². The van der Waals surface area contributed by atoms with Crippen molar-refractivity contribution in [3.05, 3.63) is 23.0 Å². The second kappa shape index (κ2) is 3.15. The van der Waals surface area contributed by atoms with Crippen LogP contribution in [0.15, 0.2) is 12.1 Å². The molecule has 5 N–H and O–H groups in total. The molecule has 5 heteroatoms. The maximum absolute atomic E-state index is 5.85. The number of nitrogens with zero attached hydrogens (tertiary/aromatic N) is 1. The highest BCUT2D eigenvalue weighted by atomic mass is 35.5. The van der Waals surface area contributed by atoms with Crippen molar-refractivity contribution in [3.63, 3.8) is 0 Å². The predicted octanol–water partition coefficient (Wildman–Crippen LogP) is 1.82.